The molecule has 0 aliphatic carbocycles. The van der Waals surface area contributed by atoms with E-state index in [4.69, 9.17) is 5.73 Å². The van der Waals surface area contributed by atoms with Crippen LogP contribution in [0, 0.1) is 0 Å². The molecule has 1 heterocycles. The van der Waals surface area contributed by atoms with Gasteiger partial charge in [0.25, 0.3) is 5.91 Å². The number of thiazole rings is 1. The van der Waals surface area contributed by atoms with Crippen LogP contribution in [0.5, 0.6) is 0 Å². The molecule has 1 atom stereocenters. The highest BCUT2D eigenvalue weighted by atomic mass is 32.2. The van der Waals surface area contributed by atoms with Gasteiger partial charge in [-0.2, -0.15) is 0 Å². The minimum absolute atomic E-state index is 0.216. The summed E-state index contributed by atoms with van der Waals surface area (Å²) in [6.45, 7) is 2.23. The van der Waals surface area contributed by atoms with Gasteiger partial charge in [-0.25, -0.2) is 4.98 Å². The molecule has 0 aliphatic rings. The van der Waals surface area contributed by atoms with Gasteiger partial charge in [0.1, 0.15) is 10.7 Å². The standard InChI is InChI=1S/C9H16N4O2S2/c1-3-17(15)5-4-12-8(14)6-7(10)13-9(11-2)16-6/h3-5,10H2,1-2H3,(H,11,13)(H,12,14). The Morgan fingerprint density at radius 3 is 2.82 bits per heavy atom. The van der Waals surface area contributed by atoms with Crippen molar-refractivity contribution in [2.45, 2.75) is 6.92 Å². The van der Waals surface area contributed by atoms with Gasteiger partial charge in [0.2, 0.25) is 0 Å². The van der Waals surface area contributed by atoms with E-state index in [9.17, 15) is 9.00 Å². The number of nitrogens with one attached hydrogen (secondary N) is 2. The van der Waals surface area contributed by atoms with Crippen molar-refractivity contribution in [3.63, 3.8) is 0 Å². The van der Waals surface area contributed by atoms with E-state index in [-0.39, 0.29) is 11.7 Å². The van der Waals surface area contributed by atoms with Gasteiger partial charge in [0, 0.05) is 35.9 Å². The monoisotopic (exact) mass is 276 g/mol. The maximum Gasteiger partial charge on any atom is 0.265 e. The predicted octanol–water partition coefficient (Wildman–Crippen LogP) is 0.265. The van der Waals surface area contributed by atoms with Crippen molar-refractivity contribution in [2.24, 2.45) is 0 Å². The molecular weight excluding hydrogens is 260 g/mol. The third-order valence-corrected chi connectivity index (χ3v) is 4.40. The summed E-state index contributed by atoms with van der Waals surface area (Å²) in [5, 5.41) is 6.10. The lowest BCUT2D eigenvalue weighted by atomic mass is 10.4. The fourth-order valence-corrected chi connectivity index (χ4v) is 2.48. The highest BCUT2D eigenvalue weighted by Gasteiger charge is 2.15. The minimum atomic E-state index is -0.872. The van der Waals surface area contributed by atoms with E-state index in [1.165, 1.54) is 11.3 Å². The Labute approximate surface area is 106 Å². The van der Waals surface area contributed by atoms with Gasteiger partial charge in [-0.3, -0.25) is 9.00 Å². The van der Waals surface area contributed by atoms with E-state index in [1.54, 1.807) is 7.05 Å². The number of carbonyl (C=O) groups excluding carboxylic acids is 1. The number of nitrogens with zero attached hydrogens (tertiary/aromatic N) is 1. The van der Waals surface area contributed by atoms with Gasteiger partial charge in [-0.05, 0) is 0 Å². The zero-order valence-electron chi connectivity index (χ0n) is 9.78. The molecule has 0 aliphatic heterocycles. The van der Waals surface area contributed by atoms with Crippen molar-refractivity contribution in [1.82, 2.24) is 10.3 Å². The van der Waals surface area contributed by atoms with E-state index in [0.717, 1.165) is 0 Å². The average molecular weight is 276 g/mol. The summed E-state index contributed by atoms with van der Waals surface area (Å²) in [6, 6.07) is 0. The lowest BCUT2D eigenvalue weighted by Gasteiger charge is -2.02. The number of rotatable bonds is 6. The van der Waals surface area contributed by atoms with Crippen LogP contribution in [0.2, 0.25) is 0 Å². The molecule has 96 valence electrons. The number of amides is 1. The first-order valence-electron chi connectivity index (χ1n) is 5.15. The summed E-state index contributed by atoms with van der Waals surface area (Å²) >= 11 is 1.20. The van der Waals surface area contributed by atoms with Crippen molar-refractivity contribution >= 4 is 39.0 Å². The van der Waals surface area contributed by atoms with Gasteiger partial charge in [0.05, 0.1) is 0 Å². The average Bonchev–Trinajstić information content (AvgIpc) is 2.70. The minimum Gasteiger partial charge on any atom is -0.382 e. The van der Waals surface area contributed by atoms with Crippen LogP contribution < -0.4 is 16.4 Å². The van der Waals surface area contributed by atoms with E-state index < -0.39 is 10.8 Å². The zero-order chi connectivity index (χ0) is 12.8. The molecule has 17 heavy (non-hydrogen) atoms. The maximum absolute atomic E-state index is 11.7. The summed E-state index contributed by atoms with van der Waals surface area (Å²) < 4.78 is 11.2. The van der Waals surface area contributed by atoms with Gasteiger partial charge < -0.3 is 16.4 Å². The molecule has 0 fully saturated rings. The van der Waals surface area contributed by atoms with Crippen LogP contribution in [0.15, 0.2) is 0 Å². The molecule has 0 bridgehead atoms. The number of carbonyl (C=O) groups is 1. The Hall–Kier alpha value is -1.15. The number of hydrogen-bond acceptors (Lipinski definition) is 6. The highest BCUT2D eigenvalue weighted by Crippen LogP contribution is 2.23. The number of nitrogens with two attached hydrogens (primary N) is 1. The van der Waals surface area contributed by atoms with Crippen LogP contribution in [0.4, 0.5) is 10.9 Å². The van der Waals surface area contributed by atoms with Crippen LogP contribution in [0.25, 0.3) is 0 Å². The van der Waals surface area contributed by atoms with E-state index in [0.29, 0.717) is 28.1 Å². The molecule has 0 saturated heterocycles. The Bertz CT molecular complexity index is 419. The largest absolute Gasteiger partial charge is 0.382 e. The Balaban J connectivity index is 2.52. The second kappa shape index (κ2) is 6.55. The smallest absolute Gasteiger partial charge is 0.265 e. The van der Waals surface area contributed by atoms with E-state index >= 15 is 0 Å². The fraction of sp³-hybridized carbons (Fsp3) is 0.556. The van der Waals surface area contributed by atoms with Crippen molar-refractivity contribution < 1.29 is 9.00 Å². The topological polar surface area (TPSA) is 97.1 Å². The maximum atomic E-state index is 11.7. The number of anilines is 2. The molecular formula is C9H16N4O2S2. The molecule has 1 amide bonds. The first-order valence-corrected chi connectivity index (χ1v) is 7.46. The molecule has 1 aromatic rings. The van der Waals surface area contributed by atoms with Crippen molar-refractivity contribution in [1.29, 1.82) is 0 Å². The van der Waals surface area contributed by atoms with Gasteiger partial charge >= 0.3 is 0 Å². The summed E-state index contributed by atoms with van der Waals surface area (Å²) in [5.74, 6) is 1.01. The summed E-state index contributed by atoms with van der Waals surface area (Å²) in [5.41, 5.74) is 5.61. The fourth-order valence-electron chi connectivity index (χ4n) is 1.10. The molecule has 0 saturated carbocycles. The van der Waals surface area contributed by atoms with Crippen molar-refractivity contribution in [3.8, 4) is 0 Å². The Morgan fingerprint density at radius 2 is 2.29 bits per heavy atom. The lowest BCUT2D eigenvalue weighted by molar-refractivity contribution is 0.0961. The third-order valence-electron chi connectivity index (χ3n) is 2.01. The first kappa shape index (κ1) is 13.9. The molecule has 6 nitrogen and oxygen atoms in total. The van der Waals surface area contributed by atoms with Crippen LogP contribution in [0.1, 0.15) is 16.6 Å². The second-order valence-corrected chi connectivity index (χ2v) is 6.04. The zero-order valence-corrected chi connectivity index (χ0v) is 11.4. The second-order valence-electron chi connectivity index (χ2n) is 3.17. The van der Waals surface area contributed by atoms with Crippen LogP contribution in [-0.2, 0) is 10.8 Å². The molecule has 1 unspecified atom stereocenters. The number of aromatic nitrogens is 1. The quantitative estimate of drug-likeness (QED) is 0.692. The van der Waals surface area contributed by atoms with Crippen LogP contribution in [0.3, 0.4) is 0 Å². The molecule has 1 aromatic heterocycles. The summed E-state index contributed by atoms with van der Waals surface area (Å²) in [7, 11) is 0.841. The van der Waals surface area contributed by atoms with Crippen molar-refractivity contribution in [3.05, 3.63) is 4.88 Å². The van der Waals surface area contributed by atoms with Gasteiger partial charge in [0.15, 0.2) is 5.13 Å². The molecule has 0 radical (unpaired) electrons. The molecule has 4 N–H and O–H groups in total. The molecule has 8 heteroatoms. The van der Waals surface area contributed by atoms with Gasteiger partial charge in [-0.15, -0.1) is 0 Å². The van der Waals surface area contributed by atoms with Gasteiger partial charge in [-0.1, -0.05) is 18.3 Å². The van der Waals surface area contributed by atoms with E-state index in [1.807, 2.05) is 6.92 Å². The Morgan fingerprint density at radius 1 is 1.59 bits per heavy atom. The summed E-state index contributed by atoms with van der Waals surface area (Å²) in [4.78, 5) is 16.1. The Kier molecular flexibility index (Phi) is 5.36. The first-order chi connectivity index (χ1) is 8.08. The predicted molar refractivity (Wildman–Crippen MR) is 72.0 cm³/mol. The van der Waals surface area contributed by atoms with E-state index in [2.05, 4.69) is 15.6 Å². The van der Waals surface area contributed by atoms with Crippen LogP contribution >= 0.6 is 11.3 Å². The number of hydrogen-bond donors (Lipinski definition) is 3. The van der Waals surface area contributed by atoms with Crippen molar-refractivity contribution in [2.75, 3.05) is 36.1 Å². The normalized spacial score (nSPS) is 12.1. The molecule has 0 spiro atoms. The SMILES string of the molecule is CCS(=O)CCNC(=O)c1sc(NC)nc1N. The highest BCUT2D eigenvalue weighted by molar-refractivity contribution is 7.84. The third kappa shape index (κ3) is 3.97. The molecule has 0 aromatic carbocycles. The summed E-state index contributed by atoms with van der Waals surface area (Å²) in [6.07, 6.45) is 0. The van der Waals surface area contributed by atoms with Crippen LogP contribution in [-0.4, -0.2) is 40.2 Å². The lowest BCUT2D eigenvalue weighted by Crippen LogP contribution is -2.27. The molecule has 1 rings (SSSR count). The number of nitrogen functional groups attached to an aromatic ring is 1.